The summed E-state index contributed by atoms with van der Waals surface area (Å²) in [5, 5.41) is 8.29. The lowest BCUT2D eigenvalue weighted by atomic mass is 10.2. The lowest BCUT2D eigenvalue weighted by Gasteiger charge is -2.27. The molecular weight excluding hydrogens is 570 g/mol. The van der Waals surface area contributed by atoms with Gasteiger partial charge in [0.15, 0.2) is 0 Å². The number of rotatable bonds is 9. The van der Waals surface area contributed by atoms with E-state index in [1.165, 1.54) is 0 Å². The zero-order valence-corrected chi connectivity index (χ0v) is 22.7. The largest absolute Gasteiger partial charge is 0.488 e. The summed E-state index contributed by atoms with van der Waals surface area (Å²) in [6, 6.07) is 23.0. The zero-order chi connectivity index (χ0) is 26.2. The average molecular weight is 595 g/mol. The Kier molecular flexibility index (Phi) is 8.64. The molecule has 1 aromatic heterocycles. The van der Waals surface area contributed by atoms with Gasteiger partial charge in [-0.25, -0.2) is 5.43 Å². The van der Waals surface area contributed by atoms with Crippen molar-refractivity contribution in [2.75, 3.05) is 41.9 Å². The van der Waals surface area contributed by atoms with Gasteiger partial charge in [-0.15, -0.1) is 0 Å². The standard InChI is InChI=1S/C27H25BrClN7O2/c28-21-10-11-24(38-18-19-6-4-5-9-23(19)29)20(16-21)17-30-35-26-32-25(31-22-7-2-1-3-8-22)33-27(34-26)36-12-14-37-15-13-36/h1-11,16-17H,12-15,18H2,(H2,31,32,33,34,35)/b30-17-. The van der Waals surface area contributed by atoms with Crippen LogP contribution in [0.3, 0.4) is 0 Å². The monoisotopic (exact) mass is 593 g/mol. The number of nitrogens with one attached hydrogen (secondary N) is 2. The van der Waals surface area contributed by atoms with Crippen LogP contribution in [0.25, 0.3) is 0 Å². The van der Waals surface area contributed by atoms with Crippen LogP contribution < -0.4 is 20.4 Å². The molecule has 0 unspecified atom stereocenters. The summed E-state index contributed by atoms with van der Waals surface area (Å²) in [6.07, 6.45) is 1.66. The summed E-state index contributed by atoms with van der Waals surface area (Å²) in [6.45, 7) is 2.96. The number of hydrazone groups is 1. The molecule has 3 aromatic carbocycles. The van der Waals surface area contributed by atoms with E-state index in [1.807, 2.05) is 72.8 Å². The molecule has 11 heteroatoms. The van der Waals surface area contributed by atoms with Gasteiger partial charge in [0.05, 0.1) is 19.4 Å². The minimum Gasteiger partial charge on any atom is -0.488 e. The number of benzene rings is 3. The minimum absolute atomic E-state index is 0.310. The SMILES string of the molecule is Clc1ccccc1COc1ccc(Br)cc1/C=N\Nc1nc(Nc2ccccc2)nc(N2CCOCC2)n1. The van der Waals surface area contributed by atoms with Gasteiger partial charge in [0.25, 0.3) is 0 Å². The van der Waals surface area contributed by atoms with Gasteiger partial charge in [-0.2, -0.15) is 20.1 Å². The molecule has 2 N–H and O–H groups in total. The Bertz CT molecular complexity index is 1400. The second-order valence-corrected chi connectivity index (χ2v) is 9.63. The van der Waals surface area contributed by atoms with E-state index in [0.29, 0.717) is 61.5 Å². The molecule has 5 rings (SSSR count). The maximum Gasteiger partial charge on any atom is 0.250 e. The van der Waals surface area contributed by atoms with E-state index in [-0.39, 0.29) is 0 Å². The first kappa shape index (κ1) is 25.9. The number of nitrogens with zero attached hydrogens (tertiary/aromatic N) is 5. The Labute approximate surface area is 234 Å². The molecule has 2 heterocycles. The number of halogens is 2. The summed E-state index contributed by atoms with van der Waals surface area (Å²) >= 11 is 9.80. The topological polar surface area (TPSA) is 96.8 Å². The molecule has 0 atom stereocenters. The Hall–Kier alpha value is -3.73. The maximum atomic E-state index is 6.28. The van der Waals surface area contributed by atoms with Gasteiger partial charge in [-0.05, 0) is 36.4 Å². The highest BCUT2D eigenvalue weighted by atomic mass is 79.9. The average Bonchev–Trinajstić information content (AvgIpc) is 2.94. The number of hydrogen-bond donors (Lipinski definition) is 2. The van der Waals surface area contributed by atoms with E-state index in [1.54, 1.807) is 6.21 Å². The number of para-hydroxylation sites is 1. The third kappa shape index (κ3) is 6.97. The van der Waals surface area contributed by atoms with Gasteiger partial charge >= 0.3 is 0 Å². The van der Waals surface area contributed by atoms with Gasteiger partial charge < -0.3 is 19.7 Å². The fourth-order valence-corrected chi connectivity index (χ4v) is 4.28. The summed E-state index contributed by atoms with van der Waals surface area (Å²) in [7, 11) is 0. The normalized spacial score (nSPS) is 13.5. The summed E-state index contributed by atoms with van der Waals surface area (Å²) < 4.78 is 12.4. The van der Waals surface area contributed by atoms with Crippen LogP contribution in [0.2, 0.25) is 5.02 Å². The van der Waals surface area contributed by atoms with Crippen LogP contribution in [0.5, 0.6) is 5.75 Å². The number of ether oxygens (including phenoxy) is 2. The molecule has 0 aliphatic carbocycles. The maximum absolute atomic E-state index is 6.28. The van der Waals surface area contributed by atoms with E-state index < -0.39 is 0 Å². The van der Waals surface area contributed by atoms with Crippen LogP contribution in [-0.2, 0) is 11.3 Å². The highest BCUT2D eigenvalue weighted by Gasteiger charge is 2.17. The van der Waals surface area contributed by atoms with Gasteiger partial charge in [0, 0.05) is 39.4 Å². The zero-order valence-electron chi connectivity index (χ0n) is 20.3. The molecule has 0 amide bonds. The van der Waals surface area contributed by atoms with Crippen molar-refractivity contribution in [3.05, 3.63) is 93.4 Å². The van der Waals surface area contributed by atoms with Crippen LogP contribution in [-0.4, -0.2) is 47.5 Å². The van der Waals surface area contributed by atoms with Gasteiger partial charge in [0.2, 0.25) is 17.8 Å². The molecule has 1 aliphatic rings. The Morgan fingerprint density at radius 2 is 1.74 bits per heavy atom. The fourth-order valence-electron chi connectivity index (χ4n) is 3.71. The van der Waals surface area contributed by atoms with E-state index in [2.05, 4.69) is 51.6 Å². The first-order chi connectivity index (χ1) is 18.6. The van der Waals surface area contributed by atoms with E-state index >= 15 is 0 Å². The van der Waals surface area contributed by atoms with Crippen molar-refractivity contribution in [2.24, 2.45) is 5.10 Å². The van der Waals surface area contributed by atoms with Crippen LogP contribution in [0, 0.1) is 0 Å². The molecule has 38 heavy (non-hydrogen) atoms. The third-order valence-corrected chi connectivity index (χ3v) is 6.49. The lowest BCUT2D eigenvalue weighted by Crippen LogP contribution is -2.37. The van der Waals surface area contributed by atoms with Crippen molar-refractivity contribution in [3.8, 4) is 5.75 Å². The van der Waals surface area contributed by atoms with Crippen LogP contribution in [0.4, 0.5) is 23.5 Å². The second kappa shape index (κ2) is 12.7. The van der Waals surface area contributed by atoms with Crippen molar-refractivity contribution < 1.29 is 9.47 Å². The van der Waals surface area contributed by atoms with Gasteiger partial charge in [0.1, 0.15) is 12.4 Å². The van der Waals surface area contributed by atoms with Crippen molar-refractivity contribution in [2.45, 2.75) is 6.61 Å². The van der Waals surface area contributed by atoms with Crippen LogP contribution in [0.15, 0.2) is 82.4 Å². The number of hydrogen-bond acceptors (Lipinski definition) is 9. The summed E-state index contributed by atoms with van der Waals surface area (Å²) in [4.78, 5) is 15.8. The molecule has 194 valence electrons. The molecule has 1 aliphatic heterocycles. The number of morpholine rings is 1. The lowest BCUT2D eigenvalue weighted by molar-refractivity contribution is 0.122. The molecule has 1 saturated heterocycles. The van der Waals surface area contributed by atoms with Crippen molar-refractivity contribution in [1.29, 1.82) is 0 Å². The molecule has 0 spiro atoms. The molecule has 0 bridgehead atoms. The predicted octanol–water partition coefficient (Wildman–Crippen LogP) is 5.89. The predicted molar refractivity (Wildman–Crippen MR) is 154 cm³/mol. The summed E-state index contributed by atoms with van der Waals surface area (Å²) in [5.41, 5.74) is 5.48. The van der Waals surface area contributed by atoms with Gasteiger partial charge in [-0.1, -0.05) is 63.9 Å². The quantitative estimate of drug-likeness (QED) is 0.183. The van der Waals surface area contributed by atoms with E-state index in [0.717, 1.165) is 21.3 Å². The van der Waals surface area contributed by atoms with Gasteiger partial charge in [-0.3, -0.25) is 0 Å². The fraction of sp³-hybridized carbons (Fsp3) is 0.185. The summed E-state index contributed by atoms with van der Waals surface area (Å²) in [5.74, 6) is 1.93. The Morgan fingerprint density at radius 3 is 2.55 bits per heavy atom. The highest BCUT2D eigenvalue weighted by Crippen LogP contribution is 2.25. The van der Waals surface area contributed by atoms with E-state index in [4.69, 9.17) is 21.1 Å². The van der Waals surface area contributed by atoms with Crippen molar-refractivity contribution in [3.63, 3.8) is 0 Å². The Balaban J connectivity index is 1.35. The third-order valence-electron chi connectivity index (χ3n) is 5.63. The minimum atomic E-state index is 0.310. The van der Waals surface area contributed by atoms with Crippen molar-refractivity contribution in [1.82, 2.24) is 15.0 Å². The molecular formula is C27H25BrClN7O2. The first-order valence-corrected chi connectivity index (χ1v) is 13.2. The molecule has 1 fully saturated rings. The number of anilines is 4. The molecule has 4 aromatic rings. The molecule has 0 radical (unpaired) electrons. The molecule has 0 saturated carbocycles. The van der Waals surface area contributed by atoms with Crippen molar-refractivity contribution >= 4 is 57.3 Å². The smallest absolute Gasteiger partial charge is 0.250 e. The van der Waals surface area contributed by atoms with Crippen LogP contribution >= 0.6 is 27.5 Å². The highest BCUT2D eigenvalue weighted by molar-refractivity contribution is 9.10. The Morgan fingerprint density at radius 1 is 0.974 bits per heavy atom. The number of aromatic nitrogens is 3. The second-order valence-electron chi connectivity index (χ2n) is 8.31. The first-order valence-electron chi connectivity index (χ1n) is 12.0. The molecule has 9 nitrogen and oxygen atoms in total. The van der Waals surface area contributed by atoms with E-state index in [9.17, 15) is 0 Å². The van der Waals surface area contributed by atoms with Crippen LogP contribution in [0.1, 0.15) is 11.1 Å².